The van der Waals surface area contributed by atoms with E-state index in [-0.39, 0.29) is 24.2 Å². The van der Waals surface area contributed by atoms with Gasteiger partial charge < -0.3 is 9.74 Å². The number of carbonyl (C=O) groups excluding carboxylic acids is 1. The van der Waals surface area contributed by atoms with Gasteiger partial charge in [0.05, 0.1) is 17.8 Å². The van der Waals surface area contributed by atoms with E-state index in [0.29, 0.717) is 17.2 Å². The van der Waals surface area contributed by atoms with Crippen molar-refractivity contribution in [3.8, 4) is 0 Å². The lowest BCUT2D eigenvalue weighted by atomic mass is 10.0. The maximum absolute atomic E-state index is 13.7. The van der Waals surface area contributed by atoms with E-state index in [1.807, 2.05) is 0 Å². The summed E-state index contributed by atoms with van der Waals surface area (Å²) >= 11 is 5.92. The Morgan fingerprint density at radius 1 is 1.06 bits per heavy atom. The van der Waals surface area contributed by atoms with Gasteiger partial charge in [0.2, 0.25) is 0 Å². The Bertz CT molecular complexity index is 1210. The van der Waals surface area contributed by atoms with Crippen molar-refractivity contribution in [3.05, 3.63) is 106 Å². The number of amides is 1. The highest BCUT2D eigenvalue weighted by Crippen LogP contribution is 2.30. The number of alkyl halides is 3. The van der Waals surface area contributed by atoms with Gasteiger partial charge in [-0.3, -0.25) is 4.79 Å². The quantitative estimate of drug-likeness (QED) is 0.379. The maximum Gasteiger partial charge on any atom is 0.416 e. The van der Waals surface area contributed by atoms with E-state index < -0.39 is 29.6 Å². The van der Waals surface area contributed by atoms with Crippen molar-refractivity contribution in [1.29, 1.82) is 0 Å². The van der Waals surface area contributed by atoms with Crippen LogP contribution in [0.1, 0.15) is 33.5 Å². The van der Waals surface area contributed by atoms with Crippen molar-refractivity contribution in [2.75, 3.05) is 6.54 Å². The van der Waals surface area contributed by atoms with Crippen LogP contribution in [-0.4, -0.2) is 29.2 Å². The molecule has 0 aliphatic carbocycles. The predicted octanol–water partition coefficient (Wildman–Crippen LogP) is 6.33. The molecule has 1 aliphatic heterocycles. The van der Waals surface area contributed by atoms with E-state index in [1.165, 1.54) is 35.2 Å². The molecule has 3 aromatic carbocycles. The number of halogens is 5. The summed E-state index contributed by atoms with van der Waals surface area (Å²) < 4.78 is 53.2. The first-order valence-electron chi connectivity index (χ1n) is 10.4. The summed E-state index contributed by atoms with van der Waals surface area (Å²) in [6.07, 6.45) is -4.64. The average Bonchev–Trinajstić information content (AvgIpc) is 3.27. The third kappa shape index (κ3) is 5.75. The molecule has 1 aliphatic rings. The fraction of sp³-hybridized carbons (Fsp3) is 0.200. The molecule has 9 heteroatoms. The first kappa shape index (κ1) is 23.8. The molecule has 34 heavy (non-hydrogen) atoms. The van der Waals surface area contributed by atoms with E-state index in [9.17, 15) is 22.4 Å². The Kier molecular flexibility index (Phi) is 6.88. The molecule has 0 aromatic heterocycles. The number of rotatable bonds is 6. The molecule has 1 heterocycles. The van der Waals surface area contributed by atoms with Gasteiger partial charge in [0.1, 0.15) is 5.82 Å². The lowest BCUT2D eigenvalue weighted by Gasteiger charge is -2.25. The lowest BCUT2D eigenvalue weighted by molar-refractivity contribution is -0.137. The fourth-order valence-corrected chi connectivity index (χ4v) is 3.80. The van der Waals surface area contributed by atoms with Crippen molar-refractivity contribution >= 4 is 23.2 Å². The average molecular weight is 491 g/mol. The third-order valence-corrected chi connectivity index (χ3v) is 5.57. The van der Waals surface area contributed by atoms with E-state index >= 15 is 0 Å². The Balaban J connectivity index is 1.55. The largest absolute Gasteiger partial charge is 0.416 e. The van der Waals surface area contributed by atoms with Gasteiger partial charge in [0, 0.05) is 23.6 Å². The van der Waals surface area contributed by atoms with E-state index in [1.54, 1.807) is 24.3 Å². The highest BCUT2D eigenvalue weighted by atomic mass is 35.5. The summed E-state index contributed by atoms with van der Waals surface area (Å²) in [7, 11) is 0. The molecule has 0 saturated heterocycles. The molecule has 4 nitrogen and oxygen atoms in total. The second-order valence-electron chi connectivity index (χ2n) is 7.87. The first-order valence-corrected chi connectivity index (χ1v) is 10.8. The lowest BCUT2D eigenvalue weighted by Crippen LogP contribution is -2.37. The highest BCUT2D eigenvalue weighted by Gasteiger charge is 2.31. The second kappa shape index (κ2) is 9.85. The maximum atomic E-state index is 13.7. The van der Waals surface area contributed by atoms with Crippen molar-refractivity contribution in [2.24, 2.45) is 5.16 Å². The van der Waals surface area contributed by atoms with Crippen molar-refractivity contribution in [1.82, 2.24) is 4.90 Å². The molecule has 176 valence electrons. The first-order chi connectivity index (χ1) is 16.2. The minimum absolute atomic E-state index is 0.0478. The van der Waals surface area contributed by atoms with Crippen LogP contribution in [0.3, 0.4) is 0 Å². The van der Waals surface area contributed by atoms with Crippen LogP contribution >= 0.6 is 11.6 Å². The van der Waals surface area contributed by atoms with E-state index in [4.69, 9.17) is 16.4 Å². The molecule has 3 aromatic rings. The molecule has 0 fully saturated rings. The van der Waals surface area contributed by atoms with Gasteiger partial charge in [-0.25, -0.2) is 4.39 Å². The van der Waals surface area contributed by atoms with Crippen LogP contribution in [0.2, 0.25) is 5.02 Å². The Morgan fingerprint density at radius 3 is 2.50 bits per heavy atom. The predicted molar refractivity (Wildman–Crippen MR) is 120 cm³/mol. The molecule has 1 atom stereocenters. The molecule has 0 spiro atoms. The van der Waals surface area contributed by atoms with Crippen molar-refractivity contribution in [2.45, 2.75) is 25.2 Å². The van der Waals surface area contributed by atoms with Crippen molar-refractivity contribution in [3.63, 3.8) is 0 Å². The van der Waals surface area contributed by atoms with Gasteiger partial charge in [-0.2, -0.15) is 13.2 Å². The minimum atomic E-state index is -4.51. The topological polar surface area (TPSA) is 41.9 Å². The van der Waals surface area contributed by atoms with Gasteiger partial charge in [-0.15, -0.1) is 0 Å². The second-order valence-corrected chi connectivity index (χ2v) is 8.31. The minimum Gasteiger partial charge on any atom is -0.390 e. The van der Waals surface area contributed by atoms with Crippen LogP contribution in [0, 0.1) is 5.82 Å². The number of oxime groups is 1. The Morgan fingerprint density at radius 2 is 1.79 bits per heavy atom. The summed E-state index contributed by atoms with van der Waals surface area (Å²) in [6.45, 7) is -0.0679. The molecule has 0 N–H and O–H groups in total. The molecule has 0 radical (unpaired) electrons. The number of carbonyl (C=O) groups is 1. The summed E-state index contributed by atoms with van der Waals surface area (Å²) in [5.74, 6) is -1.12. The van der Waals surface area contributed by atoms with Gasteiger partial charge in [-0.1, -0.05) is 47.1 Å². The van der Waals surface area contributed by atoms with Gasteiger partial charge in [-0.05, 0) is 53.6 Å². The van der Waals surface area contributed by atoms with Gasteiger partial charge >= 0.3 is 6.18 Å². The third-order valence-electron chi connectivity index (χ3n) is 5.32. The molecule has 4 rings (SSSR count). The standard InChI is InChI=1S/C25H19ClF4N2O2/c26-20-9-7-17(8-10-20)23-13-22(34-31-23)15-32(24(33)18-4-2-6-21(27)12-18)14-16-3-1-5-19(11-16)25(28,29)30/h1-12,22H,13-15H2/t22-/m0/s1. The van der Waals surface area contributed by atoms with Crippen LogP contribution in [0.4, 0.5) is 17.6 Å². The molecule has 1 amide bonds. The van der Waals surface area contributed by atoms with Crippen LogP contribution in [-0.2, 0) is 17.6 Å². The molecular weight excluding hydrogens is 472 g/mol. The van der Waals surface area contributed by atoms with Crippen LogP contribution in [0.25, 0.3) is 0 Å². The van der Waals surface area contributed by atoms with E-state index in [2.05, 4.69) is 5.16 Å². The zero-order valence-electron chi connectivity index (χ0n) is 17.7. The number of nitrogens with zero attached hydrogens (tertiary/aromatic N) is 2. The van der Waals surface area contributed by atoms with Crippen molar-refractivity contribution < 1.29 is 27.2 Å². The van der Waals surface area contributed by atoms with Gasteiger partial charge in [0.15, 0.2) is 6.10 Å². The van der Waals surface area contributed by atoms with Gasteiger partial charge in [0.25, 0.3) is 5.91 Å². The number of hydrogen-bond acceptors (Lipinski definition) is 3. The molecule has 0 bridgehead atoms. The van der Waals surface area contributed by atoms with E-state index in [0.717, 1.165) is 23.8 Å². The monoisotopic (exact) mass is 490 g/mol. The highest BCUT2D eigenvalue weighted by molar-refractivity contribution is 6.30. The molecule has 0 saturated carbocycles. The van der Waals surface area contributed by atoms with Crippen LogP contribution in [0.15, 0.2) is 78.0 Å². The number of benzene rings is 3. The smallest absolute Gasteiger partial charge is 0.390 e. The summed E-state index contributed by atoms with van der Waals surface area (Å²) in [6, 6.07) is 17.0. The Hall–Kier alpha value is -3.39. The molecule has 0 unspecified atom stereocenters. The normalized spacial score (nSPS) is 15.6. The Labute approximate surface area is 198 Å². The van der Waals surface area contributed by atoms with Crippen LogP contribution in [0.5, 0.6) is 0 Å². The molecular formula is C25H19ClF4N2O2. The van der Waals surface area contributed by atoms with Crippen LogP contribution < -0.4 is 0 Å². The number of hydrogen-bond donors (Lipinski definition) is 0. The summed E-state index contributed by atoms with van der Waals surface area (Å²) in [4.78, 5) is 20.0. The zero-order valence-corrected chi connectivity index (χ0v) is 18.5. The SMILES string of the molecule is O=C(c1cccc(F)c1)N(Cc1cccc(C(F)(F)F)c1)C[C@@H]1CC(c2ccc(Cl)cc2)=NO1. The zero-order chi connectivity index (χ0) is 24.3. The fourth-order valence-electron chi connectivity index (χ4n) is 3.67. The summed E-state index contributed by atoms with van der Waals surface area (Å²) in [5, 5.41) is 4.67. The summed E-state index contributed by atoms with van der Waals surface area (Å²) in [5.41, 5.74) is 1.04.